The quantitative estimate of drug-likeness (QED) is 0.614. The third-order valence-electron chi connectivity index (χ3n) is 3.06. The number of thioether (sulfide) groups is 1. The Morgan fingerprint density at radius 2 is 2.15 bits per heavy atom. The summed E-state index contributed by atoms with van der Waals surface area (Å²) >= 11 is 7.83. The highest BCUT2D eigenvalue weighted by Gasteiger charge is 2.35. The van der Waals surface area contributed by atoms with E-state index in [0.29, 0.717) is 6.42 Å². The number of rotatable bonds is 7. The maximum Gasteiger partial charge on any atom is 0.325 e. The van der Waals surface area contributed by atoms with Crippen molar-refractivity contribution in [1.82, 2.24) is 5.32 Å². The third kappa shape index (κ3) is 4.69. The highest BCUT2D eigenvalue weighted by Crippen LogP contribution is 2.33. The minimum atomic E-state index is -0.669. The van der Waals surface area contributed by atoms with Crippen molar-refractivity contribution in [1.29, 1.82) is 0 Å². The Balaban J connectivity index is 2.74. The van der Waals surface area contributed by atoms with Gasteiger partial charge in [0.2, 0.25) is 0 Å². The second-order valence-corrected chi connectivity index (χ2v) is 6.80. The van der Waals surface area contributed by atoms with Gasteiger partial charge in [0.15, 0.2) is 0 Å². The molecule has 0 bridgehead atoms. The number of esters is 1. The SMILES string of the molecule is CCNC(C)(CC(C)Sc1ccccc1Cl)C(=O)OC. The molecule has 0 aliphatic rings. The van der Waals surface area contributed by atoms with E-state index in [0.717, 1.165) is 16.5 Å². The maximum atomic E-state index is 12.0. The number of methoxy groups -OCH3 is 1. The van der Waals surface area contributed by atoms with Gasteiger partial charge in [-0.05, 0) is 32.0 Å². The fourth-order valence-corrected chi connectivity index (χ4v) is 3.67. The van der Waals surface area contributed by atoms with Crippen LogP contribution in [0, 0.1) is 0 Å². The fourth-order valence-electron chi connectivity index (χ4n) is 2.22. The molecule has 2 unspecified atom stereocenters. The molecule has 0 radical (unpaired) electrons. The molecular formula is C15H22ClNO2S. The minimum absolute atomic E-state index is 0.231. The first kappa shape index (κ1) is 17.3. The zero-order chi connectivity index (χ0) is 15.2. The van der Waals surface area contributed by atoms with E-state index in [-0.39, 0.29) is 11.2 Å². The predicted molar refractivity (Wildman–Crippen MR) is 85.5 cm³/mol. The topological polar surface area (TPSA) is 38.3 Å². The van der Waals surface area contributed by atoms with E-state index in [1.807, 2.05) is 38.1 Å². The normalized spacial score (nSPS) is 15.4. The molecule has 0 saturated heterocycles. The van der Waals surface area contributed by atoms with E-state index in [9.17, 15) is 4.79 Å². The molecule has 1 aromatic rings. The third-order valence-corrected chi connectivity index (χ3v) is 4.68. The molecular weight excluding hydrogens is 294 g/mol. The first-order chi connectivity index (χ1) is 9.42. The zero-order valence-corrected chi connectivity index (χ0v) is 14.0. The van der Waals surface area contributed by atoms with Gasteiger partial charge in [-0.3, -0.25) is 4.79 Å². The van der Waals surface area contributed by atoms with Gasteiger partial charge in [-0.15, -0.1) is 11.8 Å². The molecule has 0 aromatic heterocycles. The van der Waals surface area contributed by atoms with Gasteiger partial charge in [0, 0.05) is 10.1 Å². The lowest BCUT2D eigenvalue weighted by atomic mass is 9.96. The second kappa shape index (κ2) is 7.91. The summed E-state index contributed by atoms with van der Waals surface area (Å²) in [5, 5.41) is 4.20. The van der Waals surface area contributed by atoms with Crippen LogP contribution >= 0.6 is 23.4 Å². The van der Waals surface area contributed by atoms with Crippen LogP contribution in [0.3, 0.4) is 0 Å². The number of ether oxygens (including phenoxy) is 1. The molecule has 1 N–H and O–H groups in total. The summed E-state index contributed by atoms with van der Waals surface area (Å²) in [5.74, 6) is -0.231. The molecule has 0 fully saturated rings. The van der Waals surface area contributed by atoms with Crippen LogP contribution in [0.25, 0.3) is 0 Å². The molecule has 0 saturated carbocycles. The van der Waals surface area contributed by atoms with Crippen molar-refractivity contribution in [2.75, 3.05) is 13.7 Å². The molecule has 2 atom stereocenters. The van der Waals surface area contributed by atoms with Crippen molar-refractivity contribution in [2.24, 2.45) is 0 Å². The van der Waals surface area contributed by atoms with E-state index >= 15 is 0 Å². The first-order valence-corrected chi connectivity index (χ1v) is 7.93. The van der Waals surface area contributed by atoms with E-state index in [1.165, 1.54) is 7.11 Å². The van der Waals surface area contributed by atoms with Gasteiger partial charge < -0.3 is 10.1 Å². The minimum Gasteiger partial charge on any atom is -0.468 e. The number of carbonyl (C=O) groups is 1. The molecule has 112 valence electrons. The Kier molecular flexibility index (Phi) is 6.86. The lowest BCUT2D eigenvalue weighted by molar-refractivity contribution is -0.148. The number of hydrogen-bond acceptors (Lipinski definition) is 4. The molecule has 0 aliphatic carbocycles. The van der Waals surface area contributed by atoms with Crippen LogP contribution in [0.15, 0.2) is 29.2 Å². The Morgan fingerprint density at radius 1 is 1.50 bits per heavy atom. The zero-order valence-electron chi connectivity index (χ0n) is 12.4. The van der Waals surface area contributed by atoms with Crippen LogP contribution in [0.1, 0.15) is 27.2 Å². The molecule has 0 heterocycles. The Hall–Kier alpha value is -0.710. The van der Waals surface area contributed by atoms with Crippen molar-refractivity contribution in [3.63, 3.8) is 0 Å². The van der Waals surface area contributed by atoms with Gasteiger partial charge in [-0.2, -0.15) is 0 Å². The van der Waals surface area contributed by atoms with Gasteiger partial charge in [0.25, 0.3) is 0 Å². The van der Waals surface area contributed by atoms with Gasteiger partial charge >= 0.3 is 5.97 Å². The lowest BCUT2D eigenvalue weighted by Crippen LogP contribution is -2.51. The van der Waals surface area contributed by atoms with Gasteiger partial charge in [0.1, 0.15) is 5.54 Å². The monoisotopic (exact) mass is 315 g/mol. The average Bonchev–Trinajstić information content (AvgIpc) is 2.40. The van der Waals surface area contributed by atoms with Crippen LogP contribution in [0.4, 0.5) is 0 Å². The lowest BCUT2D eigenvalue weighted by Gasteiger charge is -2.30. The summed E-state index contributed by atoms with van der Waals surface area (Å²) in [6, 6.07) is 7.74. The first-order valence-electron chi connectivity index (χ1n) is 6.67. The van der Waals surface area contributed by atoms with E-state index in [1.54, 1.807) is 11.8 Å². The van der Waals surface area contributed by atoms with Crippen molar-refractivity contribution < 1.29 is 9.53 Å². The predicted octanol–water partition coefficient (Wildman–Crippen LogP) is 3.75. The molecule has 0 amide bonds. The van der Waals surface area contributed by atoms with E-state index in [2.05, 4.69) is 12.2 Å². The van der Waals surface area contributed by atoms with Gasteiger partial charge in [-0.25, -0.2) is 0 Å². The molecule has 20 heavy (non-hydrogen) atoms. The number of likely N-dealkylation sites (N-methyl/N-ethyl adjacent to an activating group) is 1. The average molecular weight is 316 g/mol. The van der Waals surface area contributed by atoms with E-state index < -0.39 is 5.54 Å². The summed E-state index contributed by atoms with van der Waals surface area (Å²) in [7, 11) is 1.42. The Bertz CT molecular complexity index is 455. The number of nitrogens with one attached hydrogen (secondary N) is 1. The summed E-state index contributed by atoms with van der Waals surface area (Å²) < 4.78 is 4.91. The van der Waals surface area contributed by atoms with Crippen LogP contribution < -0.4 is 5.32 Å². The van der Waals surface area contributed by atoms with Gasteiger partial charge in [0.05, 0.1) is 12.1 Å². The van der Waals surface area contributed by atoms with E-state index in [4.69, 9.17) is 16.3 Å². The maximum absolute atomic E-state index is 12.0. The largest absolute Gasteiger partial charge is 0.468 e. The summed E-state index contributed by atoms with van der Waals surface area (Å²) in [5.41, 5.74) is -0.669. The van der Waals surface area contributed by atoms with Crippen LogP contribution in [0.2, 0.25) is 5.02 Å². The molecule has 1 aromatic carbocycles. The second-order valence-electron chi connectivity index (χ2n) is 4.92. The number of halogens is 1. The Labute approximate surface area is 130 Å². The number of carbonyl (C=O) groups excluding carboxylic acids is 1. The van der Waals surface area contributed by atoms with Crippen molar-refractivity contribution >= 4 is 29.3 Å². The summed E-state index contributed by atoms with van der Waals surface area (Å²) in [6.07, 6.45) is 0.670. The highest BCUT2D eigenvalue weighted by molar-refractivity contribution is 8.00. The van der Waals surface area contributed by atoms with Crippen molar-refractivity contribution in [3.8, 4) is 0 Å². The molecule has 0 aliphatic heterocycles. The number of benzene rings is 1. The molecule has 5 heteroatoms. The Morgan fingerprint density at radius 3 is 2.70 bits per heavy atom. The number of hydrogen-bond donors (Lipinski definition) is 1. The summed E-state index contributed by atoms with van der Waals surface area (Å²) in [6.45, 7) is 6.67. The van der Waals surface area contributed by atoms with Crippen LogP contribution in [0.5, 0.6) is 0 Å². The highest BCUT2D eigenvalue weighted by atomic mass is 35.5. The van der Waals surface area contributed by atoms with Crippen LogP contribution in [-0.2, 0) is 9.53 Å². The van der Waals surface area contributed by atoms with Crippen molar-refractivity contribution in [3.05, 3.63) is 29.3 Å². The molecule has 0 spiro atoms. The molecule has 3 nitrogen and oxygen atoms in total. The fraction of sp³-hybridized carbons (Fsp3) is 0.533. The molecule has 1 rings (SSSR count). The van der Waals surface area contributed by atoms with Crippen molar-refractivity contribution in [2.45, 2.75) is 42.9 Å². The van der Waals surface area contributed by atoms with Crippen LogP contribution in [-0.4, -0.2) is 30.4 Å². The summed E-state index contributed by atoms with van der Waals surface area (Å²) in [4.78, 5) is 13.0. The smallest absolute Gasteiger partial charge is 0.325 e. The standard InChI is InChI=1S/C15H22ClNO2S/c1-5-17-15(3,14(18)19-4)10-11(2)20-13-9-7-6-8-12(13)16/h6-9,11,17H,5,10H2,1-4H3. The van der Waals surface area contributed by atoms with Gasteiger partial charge in [-0.1, -0.05) is 37.6 Å².